The van der Waals surface area contributed by atoms with Crippen LogP contribution in [-0.2, 0) is 6.42 Å². The summed E-state index contributed by atoms with van der Waals surface area (Å²) >= 11 is 0. The summed E-state index contributed by atoms with van der Waals surface area (Å²) in [7, 11) is 0. The van der Waals surface area contributed by atoms with E-state index in [9.17, 15) is 5.11 Å². The average molecular weight is 300 g/mol. The first-order chi connectivity index (χ1) is 10.5. The van der Waals surface area contributed by atoms with Gasteiger partial charge in [0.1, 0.15) is 0 Å². The second-order valence-electron chi connectivity index (χ2n) is 7.66. The highest BCUT2D eigenvalue weighted by Crippen LogP contribution is 2.40. The van der Waals surface area contributed by atoms with Crippen LogP contribution in [0.25, 0.3) is 0 Å². The van der Waals surface area contributed by atoms with Crippen LogP contribution in [0.15, 0.2) is 42.0 Å². The molecule has 0 heterocycles. The predicted octanol–water partition coefficient (Wildman–Crippen LogP) is 5.24. The number of benzene rings is 1. The molecule has 0 radical (unpaired) electrons. The van der Waals surface area contributed by atoms with E-state index in [0.717, 1.165) is 12.3 Å². The standard InChI is InChI=1S/C21H32O/c1-15(2)19-11-10-16(3)13-20(19)21(22)14-17(4)12-18-8-6-5-7-9-18/h5-9,14-16,19-22H,10-13H2,1-4H3/b17-14+/t16?,19?,20?,21-/m1/s1. The van der Waals surface area contributed by atoms with E-state index in [2.05, 4.69) is 58.0 Å². The van der Waals surface area contributed by atoms with Crippen molar-refractivity contribution >= 4 is 0 Å². The second kappa shape index (κ2) is 7.97. The summed E-state index contributed by atoms with van der Waals surface area (Å²) < 4.78 is 0. The smallest absolute Gasteiger partial charge is 0.0754 e. The lowest BCUT2D eigenvalue weighted by Gasteiger charge is -2.39. The highest BCUT2D eigenvalue weighted by molar-refractivity contribution is 5.21. The number of allylic oxidation sites excluding steroid dienone is 1. The van der Waals surface area contributed by atoms with Crippen LogP contribution in [0.2, 0.25) is 0 Å². The highest BCUT2D eigenvalue weighted by Gasteiger charge is 2.34. The largest absolute Gasteiger partial charge is 0.389 e. The van der Waals surface area contributed by atoms with E-state index in [1.54, 1.807) is 0 Å². The molecule has 1 aliphatic carbocycles. The molecule has 1 fully saturated rings. The normalized spacial score (nSPS) is 27.9. The molecule has 4 atom stereocenters. The molecule has 1 nitrogen and oxygen atoms in total. The van der Waals surface area contributed by atoms with Crippen molar-refractivity contribution in [2.45, 2.75) is 59.5 Å². The summed E-state index contributed by atoms with van der Waals surface area (Å²) in [5.74, 6) is 2.49. The zero-order valence-corrected chi connectivity index (χ0v) is 14.6. The van der Waals surface area contributed by atoms with E-state index >= 15 is 0 Å². The average Bonchev–Trinajstić information content (AvgIpc) is 2.47. The third-order valence-corrected chi connectivity index (χ3v) is 5.29. The molecule has 1 aliphatic rings. The van der Waals surface area contributed by atoms with Gasteiger partial charge in [0, 0.05) is 0 Å². The topological polar surface area (TPSA) is 20.2 Å². The minimum Gasteiger partial charge on any atom is -0.389 e. The van der Waals surface area contributed by atoms with Crippen LogP contribution in [-0.4, -0.2) is 11.2 Å². The van der Waals surface area contributed by atoms with Crippen LogP contribution in [0.4, 0.5) is 0 Å². The number of aliphatic hydroxyl groups excluding tert-OH is 1. The van der Waals surface area contributed by atoms with Crippen molar-refractivity contribution in [3.8, 4) is 0 Å². The van der Waals surface area contributed by atoms with Crippen molar-refractivity contribution < 1.29 is 5.11 Å². The Morgan fingerprint density at radius 3 is 2.50 bits per heavy atom. The first kappa shape index (κ1) is 17.3. The van der Waals surface area contributed by atoms with Crippen molar-refractivity contribution in [2.75, 3.05) is 0 Å². The van der Waals surface area contributed by atoms with Gasteiger partial charge in [-0.25, -0.2) is 0 Å². The molecule has 3 unspecified atom stereocenters. The molecular weight excluding hydrogens is 268 g/mol. The van der Waals surface area contributed by atoms with E-state index in [1.807, 2.05) is 6.07 Å². The third-order valence-electron chi connectivity index (χ3n) is 5.29. The van der Waals surface area contributed by atoms with Gasteiger partial charge in [0.15, 0.2) is 0 Å². The molecular formula is C21H32O. The summed E-state index contributed by atoms with van der Waals surface area (Å²) in [4.78, 5) is 0. The first-order valence-electron chi connectivity index (χ1n) is 8.86. The maximum atomic E-state index is 10.8. The molecule has 0 saturated heterocycles. The van der Waals surface area contributed by atoms with Gasteiger partial charge in [-0.15, -0.1) is 0 Å². The Morgan fingerprint density at radius 1 is 1.18 bits per heavy atom. The van der Waals surface area contributed by atoms with Crippen LogP contribution in [0.5, 0.6) is 0 Å². The van der Waals surface area contributed by atoms with Gasteiger partial charge >= 0.3 is 0 Å². The molecule has 1 aromatic carbocycles. The minimum absolute atomic E-state index is 0.293. The first-order valence-corrected chi connectivity index (χ1v) is 8.86. The van der Waals surface area contributed by atoms with Crippen molar-refractivity contribution in [3.63, 3.8) is 0 Å². The van der Waals surface area contributed by atoms with Gasteiger partial charge in [0.25, 0.3) is 0 Å². The van der Waals surface area contributed by atoms with Gasteiger partial charge in [-0.1, -0.05) is 69.2 Å². The zero-order valence-electron chi connectivity index (χ0n) is 14.6. The van der Waals surface area contributed by atoms with Crippen LogP contribution < -0.4 is 0 Å². The predicted molar refractivity (Wildman–Crippen MR) is 94.7 cm³/mol. The lowest BCUT2D eigenvalue weighted by molar-refractivity contribution is 0.0422. The molecule has 1 saturated carbocycles. The number of rotatable bonds is 5. The SMILES string of the molecule is C/C(=C\[C@@H](O)C1CC(C)CCC1C(C)C)Cc1ccccc1. The fraction of sp³-hybridized carbons (Fsp3) is 0.619. The van der Waals surface area contributed by atoms with E-state index in [4.69, 9.17) is 0 Å². The van der Waals surface area contributed by atoms with Gasteiger partial charge < -0.3 is 5.11 Å². The Labute approximate surface area is 136 Å². The van der Waals surface area contributed by atoms with Gasteiger partial charge in [0.2, 0.25) is 0 Å². The molecule has 1 heteroatoms. The van der Waals surface area contributed by atoms with Crippen LogP contribution in [0.1, 0.15) is 52.5 Å². The third kappa shape index (κ3) is 4.71. The number of aliphatic hydroxyl groups is 1. The fourth-order valence-electron chi connectivity index (χ4n) is 4.06. The summed E-state index contributed by atoms with van der Waals surface area (Å²) in [5, 5.41) is 10.8. The molecule has 0 aromatic heterocycles. The molecule has 1 N–H and O–H groups in total. The molecule has 0 amide bonds. The lowest BCUT2D eigenvalue weighted by Crippen LogP contribution is -2.35. The lowest BCUT2D eigenvalue weighted by atomic mass is 9.68. The van der Waals surface area contributed by atoms with E-state index in [1.165, 1.54) is 30.4 Å². The molecule has 2 rings (SSSR count). The van der Waals surface area contributed by atoms with Crippen LogP contribution in [0, 0.1) is 23.7 Å². The second-order valence-corrected chi connectivity index (χ2v) is 7.66. The molecule has 0 bridgehead atoms. The Balaban J connectivity index is 2.04. The Bertz CT molecular complexity index is 474. The molecule has 0 spiro atoms. The number of hydrogen-bond acceptors (Lipinski definition) is 1. The Morgan fingerprint density at radius 2 is 1.86 bits per heavy atom. The van der Waals surface area contributed by atoms with E-state index < -0.39 is 0 Å². The number of hydrogen-bond donors (Lipinski definition) is 1. The van der Waals surface area contributed by atoms with Crippen molar-refractivity contribution in [3.05, 3.63) is 47.5 Å². The zero-order chi connectivity index (χ0) is 16.1. The summed E-state index contributed by atoms with van der Waals surface area (Å²) in [6.07, 6.45) is 6.51. The maximum Gasteiger partial charge on any atom is 0.0754 e. The maximum absolute atomic E-state index is 10.8. The van der Waals surface area contributed by atoms with Crippen molar-refractivity contribution in [1.82, 2.24) is 0 Å². The van der Waals surface area contributed by atoms with E-state index in [-0.39, 0.29) is 6.10 Å². The van der Waals surface area contributed by atoms with Gasteiger partial charge in [0.05, 0.1) is 6.10 Å². The van der Waals surface area contributed by atoms with Gasteiger partial charge in [-0.05, 0) is 55.4 Å². The Hall–Kier alpha value is -1.08. The molecule has 122 valence electrons. The molecule has 1 aromatic rings. The summed E-state index contributed by atoms with van der Waals surface area (Å²) in [5.41, 5.74) is 2.60. The van der Waals surface area contributed by atoms with Crippen LogP contribution >= 0.6 is 0 Å². The van der Waals surface area contributed by atoms with Crippen LogP contribution in [0.3, 0.4) is 0 Å². The summed E-state index contributed by atoms with van der Waals surface area (Å²) in [6, 6.07) is 10.5. The Kier molecular flexibility index (Phi) is 6.26. The van der Waals surface area contributed by atoms with Gasteiger partial charge in [-0.2, -0.15) is 0 Å². The quantitative estimate of drug-likeness (QED) is 0.737. The summed E-state index contributed by atoms with van der Waals surface area (Å²) in [6.45, 7) is 9.09. The fourth-order valence-corrected chi connectivity index (χ4v) is 4.06. The van der Waals surface area contributed by atoms with Gasteiger partial charge in [-0.3, -0.25) is 0 Å². The van der Waals surface area contributed by atoms with Crippen molar-refractivity contribution in [1.29, 1.82) is 0 Å². The minimum atomic E-state index is -0.293. The highest BCUT2D eigenvalue weighted by atomic mass is 16.3. The molecule has 0 aliphatic heterocycles. The van der Waals surface area contributed by atoms with Crippen molar-refractivity contribution in [2.24, 2.45) is 23.7 Å². The van der Waals surface area contributed by atoms with E-state index in [0.29, 0.717) is 17.8 Å². The monoisotopic (exact) mass is 300 g/mol. The molecule has 22 heavy (non-hydrogen) atoms.